The summed E-state index contributed by atoms with van der Waals surface area (Å²) in [6.07, 6.45) is -9.37. The van der Waals surface area contributed by atoms with Crippen LogP contribution in [0, 0.1) is 0 Å². The first kappa shape index (κ1) is 14.3. The molecule has 0 unspecified atom stereocenters. The molecule has 4 N–H and O–H groups in total. The van der Waals surface area contributed by atoms with Gasteiger partial charge in [0.05, 0.1) is 22.5 Å². The number of alkyl halides is 6. The average molecular weight is 294 g/mol. The van der Waals surface area contributed by atoms with Crippen LogP contribution in [0.15, 0.2) is 24.3 Å². The Bertz CT molecular complexity index is 613. The van der Waals surface area contributed by atoms with Crippen molar-refractivity contribution in [3.05, 3.63) is 35.4 Å². The molecule has 0 heterocycles. The van der Waals surface area contributed by atoms with E-state index < -0.39 is 34.9 Å². The van der Waals surface area contributed by atoms with E-state index in [9.17, 15) is 26.3 Å². The molecule has 0 radical (unpaired) electrons. The van der Waals surface area contributed by atoms with Gasteiger partial charge in [-0.2, -0.15) is 26.3 Å². The maximum Gasteiger partial charge on any atom is 0.418 e. The second-order valence-electron chi connectivity index (χ2n) is 4.14. The Kier molecular flexibility index (Phi) is 2.99. The number of fused-ring (bicyclic) bond motifs is 1. The van der Waals surface area contributed by atoms with Gasteiger partial charge in [0, 0.05) is 10.8 Å². The molecule has 0 amide bonds. The molecule has 0 aliphatic heterocycles. The fraction of sp³-hybridized carbons (Fsp3) is 0.167. The third-order valence-electron chi connectivity index (χ3n) is 2.89. The number of halogens is 6. The zero-order chi connectivity index (χ0) is 15.3. The molecule has 0 aromatic heterocycles. The number of benzene rings is 2. The Hall–Kier alpha value is -2.12. The maximum atomic E-state index is 12.7. The van der Waals surface area contributed by atoms with Crippen molar-refractivity contribution in [3.63, 3.8) is 0 Å². The van der Waals surface area contributed by atoms with E-state index in [0.717, 1.165) is 12.1 Å². The van der Waals surface area contributed by atoms with Crippen LogP contribution in [0.4, 0.5) is 37.7 Å². The van der Waals surface area contributed by atoms with Gasteiger partial charge in [-0.1, -0.05) is 12.1 Å². The largest absolute Gasteiger partial charge is 0.418 e. The Labute approximate surface area is 109 Å². The monoisotopic (exact) mass is 294 g/mol. The lowest BCUT2D eigenvalue weighted by atomic mass is 9.99. The fourth-order valence-electron chi connectivity index (χ4n) is 1.95. The molecular weight excluding hydrogens is 286 g/mol. The topological polar surface area (TPSA) is 52.0 Å². The van der Waals surface area contributed by atoms with Crippen LogP contribution < -0.4 is 11.5 Å². The molecule has 2 aromatic rings. The maximum absolute atomic E-state index is 12.7. The molecule has 0 spiro atoms. The highest BCUT2D eigenvalue weighted by Gasteiger charge is 2.36. The van der Waals surface area contributed by atoms with Crippen molar-refractivity contribution >= 4 is 22.1 Å². The van der Waals surface area contributed by atoms with Crippen LogP contribution in [0.2, 0.25) is 0 Å². The number of anilines is 2. The second kappa shape index (κ2) is 4.19. The van der Waals surface area contributed by atoms with E-state index in [-0.39, 0.29) is 10.8 Å². The van der Waals surface area contributed by atoms with Crippen LogP contribution in [-0.2, 0) is 12.4 Å². The summed E-state index contributed by atoms with van der Waals surface area (Å²) in [4.78, 5) is 0. The number of hydrogen-bond donors (Lipinski definition) is 2. The summed E-state index contributed by atoms with van der Waals surface area (Å²) in [7, 11) is 0. The Morgan fingerprint density at radius 3 is 1.15 bits per heavy atom. The van der Waals surface area contributed by atoms with Gasteiger partial charge < -0.3 is 11.5 Å². The average Bonchev–Trinajstić information content (AvgIpc) is 2.27. The second-order valence-corrected chi connectivity index (χ2v) is 4.14. The summed E-state index contributed by atoms with van der Waals surface area (Å²) in [6, 6.07) is 3.01. The first-order valence-corrected chi connectivity index (χ1v) is 5.28. The molecule has 0 bridgehead atoms. The van der Waals surface area contributed by atoms with Gasteiger partial charge in [-0.25, -0.2) is 0 Å². The highest BCUT2D eigenvalue weighted by atomic mass is 19.4. The highest BCUT2D eigenvalue weighted by molar-refractivity contribution is 6.02. The summed E-state index contributed by atoms with van der Waals surface area (Å²) in [5.41, 5.74) is 7.25. The standard InChI is InChI=1S/C12H8F6N2/c13-11(14,15)7-3-1-5-6(10(7)20)2-4-8(9(5)19)12(16,17)18/h1-4H,19-20H2. The van der Waals surface area contributed by atoms with Gasteiger partial charge in [-0.05, 0) is 12.1 Å². The van der Waals surface area contributed by atoms with Crippen LogP contribution in [0.5, 0.6) is 0 Å². The minimum Gasteiger partial charge on any atom is -0.398 e. The van der Waals surface area contributed by atoms with Crippen molar-refractivity contribution in [2.24, 2.45) is 0 Å². The predicted octanol–water partition coefficient (Wildman–Crippen LogP) is 4.04. The van der Waals surface area contributed by atoms with Crippen LogP contribution in [0.3, 0.4) is 0 Å². The summed E-state index contributed by atoms with van der Waals surface area (Å²) in [6.45, 7) is 0. The van der Waals surface area contributed by atoms with Gasteiger partial charge in [0.1, 0.15) is 0 Å². The van der Waals surface area contributed by atoms with Crippen LogP contribution in [-0.4, -0.2) is 0 Å². The van der Waals surface area contributed by atoms with Crippen molar-refractivity contribution in [3.8, 4) is 0 Å². The molecule has 0 saturated heterocycles. The number of hydrogen-bond acceptors (Lipinski definition) is 2. The molecule has 0 aliphatic carbocycles. The molecule has 0 fully saturated rings. The molecule has 0 aliphatic rings. The van der Waals surface area contributed by atoms with Gasteiger partial charge in [0.25, 0.3) is 0 Å². The van der Waals surface area contributed by atoms with E-state index in [4.69, 9.17) is 11.5 Å². The quantitative estimate of drug-likeness (QED) is 0.569. The molecule has 108 valence electrons. The Morgan fingerprint density at radius 2 is 0.900 bits per heavy atom. The van der Waals surface area contributed by atoms with E-state index in [1.807, 2.05) is 0 Å². The lowest BCUT2D eigenvalue weighted by Crippen LogP contribution is -2.11. The van der Waals surface area contributed by atoms with Gasteiger partial charge in [0.2, 0.25) is 0 Å². The molecule has 0 atom stereocenters. The molecular formula is C12H8F6N2. The predicted molar refractivity (Wildman–Crippen MR) is 62.8 cm³/mol. The minimum absolute atomic E-state index is 0.162. The van der Waals surface area contributed by atoms with E-state index in [2.05, 4.69) is 0 Å². The molecule has 0 saturated carbocycles. The van der Waals surface area contributed by atoms with E-state index >= 15 is 0 Å². The summed E-state index contributed by atoms with van der Waals surface area (Å²) in [5.74, 6) is 0. The lowest BCUT2D eigenvalue weighted by Gasteiger charge is -2.16. The minimum atomic E-state index is -4.68. The number of nitrogen functional groups attached to an aromatic ring is 2. The zero-order valence-corrected chi connectivity index (χ0v) is 9.73. The molecule has 8 heteroatoms. The Morgan fingerprint density at radius 1 is 0.600 bits per heavy atom. The highest BCUT2D eigenvalue weighted by Crippen LogP contribution is 2.42. The van der Waals surface area contributed by atoms with E-state index in [1.54, 1.807) is 0 Å². The van der Waals surface area contributed by atoms with Gasteiger partial charge >= 0.3 is 12.4 Å². The fourth-order valence-corrected chi connectivity index (χ4v) is 1.95. The molecule has 2 aromatic carbocycles. The van der Waals surface area contributed by atoms with Gasteiger partial charge in [-0.15, -0.1) is 0 Å². The lowest BCUT2D eigenvalue weighted by molar-refractivity contribution is -0.137. The van der Waals surface area contributed by atoms with E-state index in [1.165, 1.54) is 0 Å². The van der Waals surface area contributed by atoms with Crippen molar-refractivity contribution in [2.45, 2.75) is 12.4 Å². The van der Waals surface area contributed by atoms with E-state index in [0.29, 0.717) is 12.1 Å². The van der Waals surface area contributed by atoms with Crippen LogP contribution in [0.1, 0.15) is 11.1 Å². The summed E-state index contributed by atoms with van der Waals surface area (Å²) >= 11 is 0. The SMILES string of the molecule is Nc1c(C(F)(F)F)ccc2c(N)c(C(F)(F)F)ccc12. The molecule has 20 heavy (non-hydrogen) atoms. The van der Waals surface area contributed by atoms with Gasteiger partial charge in [0.15, 0.2) is 0 Å². The van der Waals surface area contributed by atoms with Crippen molar-refractivity contribution < 1.29 is 26.3 Å². The molecule has 2 rings (SSSR count). The summed E-state index contributed by atoms with van der Waals surface area (Å²) in [5, 5.41) is -0.323. The normalized spacial score (nSPS) is 12.9. The van der Waals surface area contributed by atoms with Crippen molar-refractivity contribution in [1.29, 1.82) is 0 Å². The number of rotatable bonds is 0. The van der Waals surface area contributed by atoms with Crippen molar-refractivity contribution in [1.82, 2.24) is 0 Å². The third-order valence-corrected chi connectivity index (χ3v) is 2.89. The third kappa shape index (κ3) is 2.21. The smallest absolute Gasteiger partial charge is 0.398 e. The van der Waals surface area contributed by atoms with Crippen molar-refractivity contribution in [2.75, 3.05) is 11.5 Å². The Balaban J connectivity index is 2.79. The zero-order valence-electron chi connectivity index (χ0n) is 9.73. The van der Waals surface area contributed by atoms with Gasteiger partial charge in [-0.3, -0.25) is 0 Å². The first-order valence-electron chi connectivity index (χ1n) is 5.28. The first-order chi connectivity index (χ1) is 9.03. The van der Waals surface area contributed by atoms with Crippen LogP contribution in [0.25, 0.3) is 10.8 Å². The summed E-state index contributed by atoms with van der Waals surface area (Å²) < 4.78 is 75.9. The molecule has 2 nitrogen and oxygen atoms in total. The number of nitrogens with two attached hydrogens (primary N) is 2. The van der Waals surface area contributed by atoms with Crippen LogP contribution >= 0.6 is 0 Å².